The zero-order valence-corrected chi connectivity index (χ0v) is 11.0. The van der Waals surface area contributed by atoms with Gasteiger partial charge in [-0.25, -0.2) is 0 Å². The molecule has 0 aliphatic carbocycles. The predicted molar refractivity (Wildman–Crippen MR) is 72.9 cm³/mol. The zero-order chi connectivity index (χ0) is 12.1. The van der Waals surface area contributed by atoms with Crippen molar-refractivity contribution < 1.29 is 0 Å². The van der Waals surface area contributed by atoms with Gasteiger partial charge in [0.25, 0.3) is 0 Å². The molecule has 2 rings (SSSR count). The summed E-state index contributed by atoms with van der Waals surface area (Å²) in [5, 5.41) is 15.5. The van der Waals surface area contributed by atoms with Crippen LogP contribution in [-0.2, 0) is 0 Å². The minimum Gasteiger partial charge on any atom is -0.381 e. The van der Waals surface area contributed by atoms with Gasteiger partial charge in [0.2, 0.25) is 0 Å². The van der Waals surface area contributed by atoms with Crippen molar-refractivity contribution in [3.05, 3.63) is 39.9 Å². The number of nitrogens with zero attached hydrogens (tertiary/aromatic N) is 1. The summed E-state index contributed by atoms with van der Waals surface area (Å²) in [7, 11) is 0. The quantitative estimate of drug-likeness (QED) is 0.842. The molecule has 88 valence electrons. The standard InChI is InChI=1S/C13H14BrN3/c14-12-5-11(8-15)6-13(7-12)17-9-10-1-3-16-4-2-10/h1,5-7,16-17H,2-4,9H2. The Morgan fingerprint density at radius 2 is 2.29 bits per heavy atom. The SMILES string of the molecule is N#Cc1cc(Br)cc(NCC2=CCNCC2)c1. The molecule has 0 fully saturated rings. The molecule has 3 nitrogen and oxygen atoms in total. The van der Waals surface area contributed by atoms with Gasteiger partial charge in [-0.05, 0) is 31.2 Å². The highest BCUT2D eigenvalue weighted by Crippen LogP contribution is 2.19. The van der Waals surface area contributed by atoms with Crippen molar-refractivity contribution in [2.24, 2.45) is 0 Å². The highest BCUT2D eigenvalue weighted by molar-refractivity contribution is 9.10. The monoisotopic (exact) mass is 291 g/mol. The topological polar surface area (TPSA) is 47.9 Å². The Balaban J connectivity index is 2.01. The van der Waals surface area contributed by atoms with Crippen LogP contribution in [0.3, 0.4) is 0 Å². The Labute approximate surface area is 110 Å². The van der Waals surface area contributed by atoms with Crippen molar-refractivity contribution in [1.82, 2.24) is 5.32 Å². The van der Waals surface area contributed by atoms with Crippen molar-refractivity contribution in [2.75, 3.05) is 25.0 Å². The summed E-state index contributed by atoms with van der Waals surface area (Å²) in [5.41, 5.74) is 3.07. The van der Waals surface area contributed by atoms with E-state index in [-0.39, 0.29) is 0 Å². The Morgan fingerprint density at radius 3 is 3.00 bits per heavy atom. The van der Waals surface area contributed by atoms with E-state index in [0.717, 1.165) is 36.2 Å². The molecule has 0 saturated heterocycles. The van der Waals surface area contributed by atoms with E-state index in [1.165, 1.54) is 5.57 Å². The van der Waals surface area contributed by atoms with Crippen LogP contribution in [0.2, 0.25) is 0 Å². The molecule has 1 aromatic rings. The van der Waals surface area contributed by atoms with E-state index < -0.39 is 0 Å². The van der Waals surface area contributed by atoms with Gasteiger partial charge in [0, 0.05) is 23.2 Å². The van der Waals surface area contributed by atoms with Crippen LogP contribution in [0.5, 0.6) is 0 Å². The van der Waals surface area contributed by atoms with Gasteiger partial charge >= 0.3 is 0 Å². The van der Waals surface area contributed by atoms with Crippen LogP contribution in [0.15, 0.2) is 34.3 Å². The van der Waals surface area contributed by atoms with Gasteiger partial charge in [-0.15, -0.1) is 0 Å². The van der Waals surface area contributed by atoms with E-state index >= 15 is 0 Å². The minimum absolute atomic E-state index is 0.668. The first-order chi connectivity index (χ1) is 8.28. The molecule has 0 saturated carbocycles. The number of anilines is 1. The number of halogens is 1. The summed E-state index contributed by atoms with van der Waals surface area (Å²) < 4.78 is 0.929. The number of nitriles is 1. The van der Waals surface area contributed by atoms with Crippen LogP contribution in [0.25, 0.3) is 0 Å². The van der Waals surface area contributed by atoms with Gasteiger partial charge in [0.05, 0.1) is 11.6 Å². The van der Waals surface area contributed by atoms with Gasteiger partial charge in [-0.2, -0.15) is 5.26 Å². The van der Waals surface area contributed by atoms with Crippen LogP contribution in [0, 0.1) is 11.3 Å². The molecular weight excluding hydrogens is 278 g/mol. The molecule has 0 radical (unpaired) electrons. The van der Waals surface area contributed by atoms with Gasteiger partial charge in [-0.1, -0.05) is 27.6 Å². The van der Waals surface area contributed by atoms with Gasteiger partial charge in [0.1, 0.15) is 0 Å². The maximum atomic E-state index is 8.89. The maximum Gasteiger partial charge on any atom is 0.0992 e. The van der Waals surface area contributed by atoms with Crippen LogP contribution in [0.4, 0.5) is 5.69 Å². The first-order valence-corrected chi connectivity index (χ1v) is 6.40. The van der Waals surface area contributed by atoms with E-state index in [0.29, 0.717) is 5.56 Å². The lowest BCUT2D eigenvalue weighted by molar-refractivity contribution is 0.698. The molecule has 0 unspecified atom stereocenters. The normalized spacial score (nSPS) is 14.9. The highest BCUT2D eigenvalue weighted by Gasteiger charge is 2.03. The van der Waals surface area contributed by atoms with Gasteiger partial charge < -0.3 is 10.6 Å². The maximum absolute atomic E-state index is 8.89. The highest BCUT2D eigenvalue weighted by atomic mass is 79.9. The average Bonchev–Trinajstić information content (AvgIpc) is 2.37. The zero-order valence-electron chi connectivity index (χ0n) is 9.46. The summed E-state index contributed by atoms with van der Waals surface area (Å²) in [4.78, 5) is 0. The van der Waals surface area contributed by atoms with E-state index in [2.05, 4.69) is 38.7 Å². The number of hydrogen-bond donors (Lipinski definition) is 2. The lowest BCUT2D eigenvalue weighted by Gasteiger charge is -2.15. The molecule has 17 heavy (non-hydrogen) atoms. The van der Waals surface area contributed by atoms with Crippen LogP contribution < -0.4 is 10.6 Å². The summed E-state index contributed by atoms with van der Waals surface area (Å²) in [5.74, 6) is 0. The molecule has 0 amide bonds. The molecule has 2 N–H and O–H groups in total. The molecule has 1 heterocycles. The average molecular weight is 292 g/mol. The molecule has 4 heteroatoms. The fraction of sp³-hybridized carbons (Fsp3) is 0.308. The Morgan fingerprint density at radius 1 is 1.41 bits per heavy atom. The second kappa shape index (κ2) is 5.85. The third-order valence-corrected chi connectivity index (χ3v) is 3.16. The van der Waals surface area contributed by atoms with Crippen LogP contribution in [0.1, 0.15) is 12.0 Å². The largest absolute Gasteiger partial charge is 0.381 e. The van der Waals surface area contributed by atoms with Crippen molar-refractivity contribution in [1.29, 1.82) is 5.26 Å². The summed E-state index contributed by atoms with van der Waals surface area (Å²) in [6.45, 7) is 2.86. The molecule has 1 aliphatic rings. The molecule has 0 bridgehead atoms. The fourth-order valence-corrected chi connectivity index (χ4v) is 2.30. The van der Waals surface area contributed by atoms with E-state index in [1.54, 1.807) is 0 Å². The smallest absolute Gasteiger partial charge is 0.0992 e. The van der Waals surface area contributed by atoms with Crippen molar-refractivity contribution >= 4 is 21.6 Å². The van der Waals surface area contributed by atoms with Crippen LogP contribution in [-0.4, -0.2) is 19.6 Å². The lowest BCUT2D eigenvalue weighted by Crippen LogP contribution is -2.23. The van der Waals surface area contributed by atoms with E-state index in [4.69, 9.17) is 5.26 Å². The van der Waals surface area contributed by atoms with Crippen molar-refractivity contribution in [3.63, 3.8) is 0 Å². The first-order valence-electron chi connectivity index (χ1n) is 5.61. The second-order valence-corrected chi connectivity index (χ2v) is 4.93. The first kappa shape index (κ1) is 12.2. The Kier molecular flexibility index (Phi) is 4.18. The summed E-state index contributed by atoms with van der Waals surface area (Å²) in [6.07, 6.45) is 3.31. The van der Waals surface area contributed by atoms with E-state index in [1.807, 2.05) is 18.2 Å². The third-order valence-electron chi connectivity index (χ3n) is 2.70. The molecular formula is C13H14BrN3. The lowest BCUT2D eigenvalue weighted by atomic mass is 10.1. The number of rotatable bonds is 3. The third kappa shape index (κ3) is 3.58. The molecule has 1 aliphatic heterocycles. The fourth-order valence-electron chi connectivity index (χ4n) is 1.80. The molecule has 1 aromatic carbocycles. The molecule has 0 atom stereocenters. The number of hydrogen-bond acceptors (Lipinski definition) is 3. The Bertz CT molecular complexity index is 474. The second-order valence-electron chi connectivity index (χ2n) is 4.01. The predicted octanol–water partition coefficient (Wildman–Crippen LogP) is 2.65. The summed E-state index contributed by atoms with van der Waals surface area (Å²) >= 11 is 3.40. The van der Waals surface area contributed by atoms with Crippen LogP contribution >= 0.6 is 15.9 Å². The van der Waals surface area contributed by atoms with E-state index in [9.17, 15) is 0 Å². The Hall–Kier alpha value is -1.31. The van der Waals surface area contributed by atoms with Crippen molar-refractivity contribution in [2.45, 2.75) is 6.42 Å². The minimum atomic E-state index is 0.668. The molecule has 0 aromatic heterocycles. The van der Waals surface area contributed by atoms with Gasteiger partial charge in [-0.3, -0.25) is 0 Å². The molecule has 0 spiro atoms. The van der Waals surface area contributed by atoms with Crippen molar-refractivity contribution in [3.8, 4) is 6.07 Å². The number of nitrogens with one attached hydrogen (secondary N) is 2. The summed E-state index contributed by atoms with van der Waals surface area (Å²) in [6, 6.07) is 7.82. The van der Waals surface area contributed by atoms with Gasteiger partial charge in [0.15, 0.2) is 0 Å². The number of benzene rings is 1.